The fourth-order valence-corrected chi connectivity index (χ4v) is 2.64. The van der Waals surface area contributed by atoms with Gasteiger partial charge in [-0.3, -0.25) is 4.55 Å². The molecule has 1 aliphatic heterocycles. The van der Waals surface area contributed by atoms with E-state index in [1.165, 1.54) is 29.8 Å². The molecule has 4 nitrogen and oxygen atoms in total. The highest BCUT2D eigenvalue weighted by atomic mass is 32.2. The molecule has 0 atom stereocenters. The Kier molecular flexibility index (Phi) is 5.87. The fourth-order valence-electron chi connectivity index (χ4n) is 2.16. The average Bonchev–Trinajstić information content (AvgIpc) is 2.45. The third-order valence-electron chi connectivity index (χ3n) is 3.62. The van der Waals surface area contributed by atoms with Gasteiger partial charge in [-0.05, 0) is 62.2 Å². The quantitative estimate of drug-likeness (QED) is 0.845. The maximum atomic E-state index is 12.5. The molecule has 2 aromatic rings. The number of hydrogen-bond donors (Lipinski definition) is 2. The number of hydrogen-bond acceptors (Lipinski definition) is 3. The Morgan fingerprint density at radius 2 is 1.65 bits per heavy atom. The molecule has 23 heavy (non-hydrogen) atoms. The van der Waals surface area contributed by atoms with Crippen molar-refractivity contribution >= 4 is 10.1 Å². The molecule has 0 unspecified atom stereocenters. The Hall–Kier alpha value is -1.76. The number of nitrogens with one attached hydrogen (secondary N) is 1. The first-order valence-electron chi connectivity index (χ1n) is 7.34. The van der Waals surface area contributed by atoms with Crippen LogP contribution >= 0.6 is 0 Å². The van der Waals surface area contributed by atoms with Crippen molar-refractivity contribution in [1.29, 1.82) is 0 Å². The maximum Gasteiger partial charge on any atom is 0.294 e. The van der Waals surface area contributed by atoms with Crippen molar-refractivity contribution in [2.75, 3.05) is 13.1 Å². The highest BCUT2D eigenvalue weighted by Gasteiger charge is 2.16. The molecule has 0 aliphatic carbocycles. The lowest BCUT2D eigenvalue weighted by atomic mass is 9.94. The average molecular weight is 337 g/mol. The monoisotopic (exact) mass is 337 g/mol. The lowest BCUT2D eigenvalue weighted by molar-refractivity contribution is 0.346. The number of aryl methyl sites for hydroxylation is 1. The summed E-state index contributed by atoms with van der Waals surface area (Å²) in [4.78, 5) is -0.0666. The van der Waals surface area contributed by atoms with Gasteiger partial charge in [-0.1, -0.05) is 29.8 Å². The van der Waals surface area contributed by atoms with E-state index in [0.717, 1.165) is 31.0 Å². The van der Waals surface area contributed by atoms with Crippen molar-refractivity contribution in [1.82, 2.24) is 5.32 Å². The third kappa shape index (κ3) is 5.74. The lowest BCUT2D eigenvalue weighted by Gasteiger charge is -2.26. The van der Waals surface area contributed by atoms with Crippen molar-refractivity contribution in [3.8, 4) is 0 Å². The fraction of sp³-hybridized carbons (Fsp3) is 0.294. The van der Waals surface area contributed by atoms with Gasteiger partial charge in [0.05, 0.1) is 4.90 Å². The van der Waals surface area contributed by atoms with E-state index in [0.29, 0.717) is 0 Å². The van der Waals surface area contributed by atoms with E-state index in [9.17, 15) is 12.8 Å². The minimum absolute atomic E-state index is 0.0666. The molecule has 6 heteroatoms. The van der Waals surface area contributed by atoms with E-state index in [-0.39, 0.29) is 10.7 Å². The summed E-state index contributed by atoms with van der Waals surface area (Å²) in [5.41, 5.74) is 2.19. The Morgan fingerprint density at radius 1 is 1.09 bits per heavy atom. The number of rotatable bonds is 3. The number of halogens is 1. The molecule has 0 saturated carbocycles. The molecule has 0 bridgehead atoms. The predicted octanol–water partition coefficient (Wildman–Crippen LogP) is 2.83. The molecule has 1 fully saturated rings. The van der Waals surface area contributed by atoms with Crippen LogP contribution in [0.3, 0.4) is 0 Å². The minimum Gasteiger partial charge on any atom is -0.316 e. The maximum absolute atomic E-state index is 12.5. The second-order valence-corrected chi connectivity index (χ2v) is 7.06. The van der Waals surface area contributed by atoms with Crippen molar-refractivity contribution in [2.24, 2.45) is 5.92 Å². The summed E-state index contributed by atoms with van der Waals surface area (Å²) in [6, 6.07) is 12.8. The van der Waals surface area contributed by atoms with E-state index >= 15 is 0 Å². The van der Waals surface area contributed by atoms with E-state index in [4.69, 9.17) is 4.55 Å². The number of benzene rings is 2. The van der Waals surface area contributed by atoms with E-state index < -0.39 is 10.1 Å². The van der Waals surface area contributed by atoms with Crippen LogP contribution in [0.2, 0.25) is 0 Å². The Labute approximate surface area is 136 Å². The third-order valence-corrected chi connectivity index (χ3v) is 4.49. The molecular weight excluding hydrogens is 317 g/mol. The van der Waals surface area contributed by atoms with Gasteiger partial charge in [-0.15, -0.1) is 0 Å². The van der Waals surface area contributed by atoms with Gasteiger partial charge in [0.25, 0.3) is 10.1 Å². The van der Waals surface area contributed by atoms with Crippen LogP contribution in [-0.4, -0.2) is 26.1 Å². The summed E-state index contributed by atoms with van der Waals surface area (Å²) in [7, 11) is -4.02. The van der Waals surface area contributed by atoms with Gasteiger partial charge in [0.15, 0.2) is 0 Å². The van der Waals surface area contributed by atoms with Crippen LogP contribution < -0.4 is 5.32 Å². The smallest absolute Gasteiger partial charge is 0.294 e. The van der Waals surface area contributed by atoms with Gasteiger partial charge in [0, 0.05) is 0 Å². The highest BCUT2D eigenvalue weighted by molar-refractivity contribution is 7.85. The van der Waals surface area contributed by atoms with Crippen LogP contribution in [0.4, 0.5) is 4.39 Å². The molecular formula is C17H20FNO3S. The predicted molar refractivity (Wildman–Crippen MR) is 87.5 cm³/mol. The molecule has 0 radical (unpaired) electrons. The van der Waals surface area contributed by atoms with Gasteiger partial charge >= 0.3 is 0 Å². The molecule has 0 aromatic heterocycles. The summed E-state index contributed by atoms with van der Waals surface area (Å²) in [6.45, 7) is 4.06. The van der Waals surface area contributed by atoms with Crippen LogP contribution in [-0.2, 0) is 16.5 Å². The second kappa shape index (κ2) is 7.68. The Balaban J connectivity index is 0.000000168. The van der Waals surface area contributed by atoms with Crippen LogP contribution in [0, 0.1) is 18.7 Å². The Bertz CT molecular complexity index is 723. The van der Waals surface area contributed by atoms with Gasteiger partial charge in [0.2, 0.25) is 0 Å². The van der Waals surface area contributed by atoms with Gasteiger partial charge in [0.1, 0.15) is 5.82 Å². The summed E-state index contributed by atoms with van der Waals surface area (Å²) in [6.07, 6.45) is 1.08. The molecule has 1 heterocycles. The molecule has 0 spiro atoms. The van der Waals surface area contributed by atoms with Crippen molar-refractivity contribution in [3.63, 3.8) is 0 Å². The molecule has 2 aromatic carbocycles. The standard InChI is InChI=1S/C10H12FN.C7H8O3S/c11-10-3-1-8(2-4-10)5-9-6-12-7-9;1-6-2-4-7(5-3-6)11(8,9)10/h1-4,9,12H,5-7H2;2-5H,1H3,(H,8,9,10). The first kappa shape index (κ1) is 17.6. The van der Waals surface area contributed by atoms with Gasteiger partial charge in [-0.25, -0.2) is 4.39 Å². The topological polar surface area (TPSA) is 66.4 Å². The van der Waals surface area contributed by atoms with Crippen LogP contribution in [0.5, 0.6) is 0 Å². The SMILES string of the molecule is Cc1ccc(S(=O)(=O)O)cc1.Fc1ccc(CC2CNC2)cc1. The zero-order chi connectivity index (χ0) is 16.9. The molecule has 0 amide bonds. The largest absolute Gasteiger partial charge is 0.316 e. The van der Waals surface area contributed by atoms with Crippen LogP contribution in [0.15, 0.2) is 53.4 Å². The second-order valence-electron chi connectivity index (χ2n) is 5.64. The zero-order valence-corrected chi connectivity index (χ0v) is 13.7. The van der Waals surface area contributed by atoms with Gasteiger partial charge < -0.3 is 5.32 Å². The van der Waals surface area contributed by atoms with Crippen molar-refractivity contribution in [2.45, 2.75) is 18.2 Å². The Morgan fingerprint density at radius 3 is 2.09 bits per heavy atom. The summed E-state index contributed by atoms with van der Waals surface area (Å²) in [5.74, 6) is 0.612. The van der Waals surface area contributed by atoms with Crippen LogP contribution in [0.25, 0.3) is 0 Å². The molecule has 2 N–H and O–H groups in total. The van der Waals surface area contributed by atoms with Gasteiger partial charge in [-0.2, -0.15) is 8.42 Å². The molecule has 1 aliphatic rings. The summed E-state index contributed by atoms with van der Waals surface area (Å²) >= 11 is 0. The zero-order valence-electron chi connectivity index (χ0n) is 12.9. The van der Waals surface area contributed by atoms with Crippen molar-refractivity contribution in [3.05, 3.63) is 65.5 Å². The molecule has 1 saturated heterocycles. The van der Waals surface area contributed by atoms with Crippen LogP contribution in [0.1, 0.15) is 11.1 Å². The minimum atomic E-state index is -4.02. The lowest BCUT2D eigenvalue weighted by Crippen LogP contribution is -2.43. The summed E-state index contributed by atoms with van der Waals surface area (Å²) < 4.78 is 42.1. The van der Waals surface area contributed by atoms with E-state index in [2.05, 4.69) is 5.32 Å². The molecule has 124 valence electrons. The molecule has 3 rings (SSSR count). The summed E-state index contributed by atoms with van der Waals surface area (Å²) in [5, 5.41) is 3.22. The normalized spacial score (nSPS) is 14.6. The van der Waals surface area contributed by atoms with E-state index in [1.807, 2.05) is 19.1 Å². The van der Waals surface area contributed by atoms with E-state index in [1.54, 1.807) is 12.1 Å². The first-order valence-corrected chi connectivity index (χ1v) is 8.78. The first-order chi connectivity index (χ1) is 10.8. The highest BCUT2D eigenvalue weighted by Crippen LogP contribution is 2.12. The van der Waals surface area contributed by atoms with Crippen molar-refractivity contribution < 1.29 is 17.4 Å².